The molecule has 2 aromatic rings. The second-order valence-corrected chi connectivity index (χ2v) is 7.47. The van der Waals surface area contributed by atoms with E-state index < -0.39 is 30.4 Å². The van der Waals surface area contributed by atoms with E-state index in [4.69, 9.17) is 14.2 Å². The Morgan fingerprint density at radius 3 is 2.36 bits per heavy atom. The first kappa shape index (κ1) is 23.8. The van der Waals surface area contributed by atoms with Crippen molar-refractivity contribution in [2.75, 3.05) is 37.1 Å². The Morgan fingerprint density at radius 1 is 1.03 bits per heavy atom. The Labute approximate surface area is 191 Å². The number of hydrogen-bond donors (Lipinski definition) is 1. The van der Waals surface area contributed by atoms with Crippen LogP contribution in [0.1, 0.15) is 30.1 Å². The van der Waals surface area contributed by atoms with Crippen molar-refractivity contribution in [3.8, 4) is 5.75 Å². The Kier molecular flexibility index (Phi) is 8.01. The number of carbonyl (C=O) groups is 4. The van der Waals surface area contributed by atoms with Crippen LogP contribution in [0.3, 0.4) is 0 Å². The lowest BCUT2D eigenvalue weighted by Gasteiger charge is -2.17. The van der Waals surface area contributed by atoms with Crippen LogP contribution in [-0.2, 0) is 23.9 Å². The number of methoxy groups -OCH3 is 1. The molecule has 0 bridgehead atoms. The van der Waals surface area contributed by atoms with Crippen LogP contribution in [0, 0.1) is 5.92 Å². The molecule has 0 unspecified atom stereocenters. The Balaban J connectivity index is 1.50. The number of nitrogens with one attached hydrogen (secondary N) is 1. The van der Waals surface area contributed by atoms with Gasteiger partial charge in [-0.1, -0.05) is 6.92 Å². The summed E-state index contributed by atoms with van der Waals surface area (Å²) in [7, 11) is 1.54. The second kappa shape index (κ2) is 11.1. The van der Waals surface area contributed by atoms with Crippen LogP contribution in [0.2, 0.25) is 0 Å². The van der Waals surface area contributed by atoms with Gasteiger partial charge >= 0.3 is 11.9 Å². The summed E-state index contributed by atoms with van der Waals surface area (Å²) in [6.07, 6.45) is 0.714. The molecule has 0 aromatic heterocycles. The lowest BCUT2D eigenvalue weighted by atomic mass is 10.1. The van der Waals surface area contributed by atoms with E-state index in [1.165, 1.54) is 4.90 Å². The molecular weight excluding hydrogens is 428 g/mol. The Morgan fingerprint density at radius 2 is 1.73 bits per heavy atom. The molecule has 9 heteroatoms. The van der Waals surface area contributed by atoms with Gasteiger partial charge in [-0.25, -0.2) is 4.79 Å². The first-order valence-electron chi connectivity index (χ1n) is 10.6. The summed E-state index contributed by atoms with van der Waals surface area (Å²) in [4.78, 5) is 50.2. The van der Waals surface area contributed by atoms with Crippen LogP contribution in [0.5, 0.6) is 5.75 Å². The smallest absolute Gasteiger partial charge is 0.338 e. The summed E-state index contributed by atoms with van der Waals surface area (Å²) in [5, 5.41) is 2.62. The highest BCUT2D eigenvalue weighted by Crippen LogP contribution is 2.26. The average molecular weight is 454 g/mol. The fraction of sp³-hybridized carbons (Fsp3) is 0.333. The second-order valence-electron chi connectivity index (χ2n) is 7.47. The summed E-state index contributed by atoms with van der Waals surface area (Å²) in [6, 6.07) is 13.2. The van der Waals surface area contributed by atoms with Crippen LogP contribution >= 0.6 is 0 Å². The lowest BCUT2D eigenvalue weighted by Crippen LogP contribution is -2.28. The number of amides is 2. The number of hydrogen-bond acceptors (Lipinski definition) is 7. The van der Waals surface area contributed by atoms with Crippen molar-refractivity contribution >= 4 is 35.1 Å². The molecule has 174 valence electrons. The minimum absolute atomic E-state index is 0.0147. The first-order chi connectivity index (χ1) is 15.9. The summed E-state index contributed by atoms with van der Waals surface area (Å²) in [5.74, 6) is -1.79. The van der Waals surface area contributed by atoms with Crippen molar-refractivity contribution < 1.29 is 33.4 Å². The monoisotopic (exact) mass is 454 g/mol. The molecule has 1 fully saturated rings. The van der Waals surface area contributed by atoms with Gasteiger partial charge in [0.2, 0.25) is 5.91 Å². The van der Waals surface area contributed by atoms with Crippen LogP contribution in [0.25, 0.3) is 0 Å². The van der Waals surface area contributed by atoms with Crippen molar-refractivity contribution in [1.29, 1.82) is 0 Å². The molecule has 9 nitrogen and oxygen atoms in total. The number of carbonyl (C=O) groups excluding carboxylic acids is 4. The quantitative estimate of drug-likeness (QED) is 0.580. The molecule has 1 heterocycles. The van der Waals surface area contributed by atoms with Gasteiger partial charge in [0.25, 0.3) is 5.91 Å². The fourth-order valence-electron chi connectivity index (χ4n) is 3.30. The molecule has 1 atom stereocenters. The molecule has 0 aliphatic carbocycles. The Bertz CT molecular complexity index is 1000. The number of nitrogens with zero attached hydrogens (tertiary/aromatic N) is 1. The standard InChI is InChI=1S/C24H26N2O7/c1-3-12-32-23(29)16-4-8-19(9-5-16)26-14-17(13-22(26)28)24(30)33-15-21(27)25-18-6-10-20(31-2)11-7-18/h4-11,17H,3,12-15H2,1-2H3,(H,25,27)/t17-/m0/s1. The van der Waals surface area contributed by atoms with Crippen molar-refractivity contribution in [2.45, 2.75) is 19.8 Å². The summed E-state index contributed by atoms with van der Waals surface area (Å²) >= 11 is 0. The van der Waals surface area contributed by atoms with Gasteiger partial charge in [-0.3, -0.25) is 14.4 Å². The van der Waals surface area contributed by atoms with Crippen molar-refractivity contribution in [3.05, 3.63) is 54.1 Å². The summed E-state index contributed by atoms with van der Waals surface area (Å²) in [6.45, 7) is 1.93. The van der Waals surface area contributed by atoms with Gasteiger partial charge in [0.05, 0.1) is 25.2 Å². The Hall–Kier alpha value is -3.88. The maximum Gasteiger partial charge on any atom is 0.338 e. The first-order valence-corrected chi connectivity index (χ1v) is 10.6. The molecule has 33 heavy (non-hydrogen) atoms. The zero-order valence-electron chi connectivity index (χ0n) is 18.5. The molecule has 2 aromatic carbocycles. The third-order valence-corrected chi connectivity index (χ3v) is 5.03. The van der Waals surface area contributed by atoms with E-state index in [9.17, 15) is 19.2 Å². The SMILES string of the molecule is CCCOC(=O)c1ccc(N2C[C@@H](C(=O)OCC(=O)Nc3ccc(OC)cc3)CC2=O)cc1. The predicted octanol–water partition coefficient (Wildman–Crippen LogP) is 2.80. The van der Waals surface area contributed by atoms with E-state index >= 15 is 0 Å². The average Bonchev–Trinajstić information content (AvgIpc) is 3.23. The minimum Gasteiger partial charge on any atom is -0.497 e. The highest BCUT2D eigenvalue weighted by Gasteiger charge is 2.36. The van der Waals surface area contributed by atoms with E-state index in [1.54, 1.807) is 55.6 Å². The molecule has 1 N–H and O–H groups in total. The van der Waals surface area contributed by atoms with E-state index in [1.807, 2.05) is 6.92 Å². The number of ether oxygens (including phenoxy) is 3. The molecule has 0 radical (unpaired) electrons. The third kappa shape index (κ3) is 6.31. The summed E-state index contributed by atoms with van der Waals surface area (Å²) in [5.41, 5.74) is 1.50. The molecule has 2 amide bonds. The van der Waals surface area contributed by atoms with Crippen LogP contribution in [-0.4, -0.2) is 50.6 Å². The van der Waals surface area contributed by atoms with Gasteiger partial charge in [0, 0.05) is 24.3 Å². The molecule has 1 saturated heterocycles. The number of anilines is 2. The number of esters is 2. The van der Waals surface area contributed by atoms with Gasteiger partial charge < -0.3 is 24.4 Å². The normalized spacial score (nSPS) is 15.2. The third-order valence-electron chi connectivity index (χ3n) is 5.03. The number of benzene rings is 2. The van der Waals surface area contributed by atoms with Gasteiger partial charge in [-0.05, 0) is 55.0 Å². The van der Waals surface area contributed by atoms with Gasteiger partial charge in [0.15, 0.2) is 6.61 Å². The predicted molar refractivity (Wildman–Crippen MR) is 120 cm³/mol. The van der Waals surface area contributed by atoms with Gasteiger partial charge in [-0.15, -0.1) is 0 Å². The van der Waals surface area contributed by atoms with Crippen molar-refractivity contribution in [3.63, 3.8) is 0 Å². The molecular formula is C24H26N2O7. The van der Waals surface area contributed by atoms with Crippen LogP contribution in [0.15, 0.2) is 48.5 Å². The largest absolute Gasteiger partial charge is 0.497 e. The van der Waals surface area contributed by atoms with Gasteiger partial charge in [0.1, 0.15) is 5.75 Å². The maximum absolute atomic E-state index is 12.4. The molecule has 0 spiro atoms. The molecule has 1 aliphatic rings. The number of rotatable bonds is 9. The zero-order chi connectivity index (χ0) is 23.8. The van der Waals surface area contributed by atoms with Crippen LogP contribution in [0.4, 0.5) is 11.4 Å². The van der Waals surface area contributed by atoms with E-state index in [2.05, 4.69) is 5.32 Å². The minimum atomic E-state index is -0.680. The van der Waals surface area contributed by atoms with Gasteiger partial charge in [-0.2, -0.15) is 0 Å². The highest BCUT2D eigenvalue weighted by molar-refractivity contribution is 6.00. The maximum atomic E-state index is 12.4. The molecule has 1 aliphatic heterocycles. The van der Waals surface area contributed by atoms with E-state index in [0.29, 0.717) is 29.3 Å². The van der Waals surface area contributed by atoms with E-state index in [0.717, 1.165) is 6.42 Å². The van der Waals surface area contributed by atoms with E-state index in [-0.39, 0.29) is 18.9 Å². The highest BCUT2D eigenvalue weighted by atomic mass is 16.5. The van der Waals surface area contributed by atoms with Crippen molar-refractivity contribution in [2.24, 2.45) is 5.92 Å². The summed E-state index contributed by atoms with van der Waals surface area (Å²) < 4.78 is 15.3. The van der Waals surface area contributed by atoms with Crippen LogP contribution < -0.4 is 15.0 Å². The van der Waals surface area contributed by atoms with Crippen molar-refractivity contribution in [1.82, 2.24) is 0 Å². The molecule has 3 rings (SSSR count). The zero-order valence-corrected chi connectivity index (χ0v) is 18.5. The molecule has 0 saturated carbocycles. The lowest BCUT2D eigenvalue weighted by molar-refractivity contribution is -0.151. The topological polar surface area (TPSA) is 111 Å². The fourth-order valence-corrected chi connectivity index (χ4v) is 3.30.